The smallest absolute Gasteiger partial charge is 0.462 e. The van der Waals surface area contributed by atoms with E-state index in [0.717, 1.165) is 51.4 Å². The third kappa shape index (κ3) is 39.6. The summed E-state index contributed by atoms with van der Waals surface area (Å²) in [5.74, 6) is -0.942. The number of rotatable bonds is 39. The molecule has 1 unspecified atom stereocenters. The lowest BCUT2D eigenvalue weighted by Gasteiger charge is -2.20. The highest BCUT2D eigenvalue weighted by atomic mass is 31.2. The minimum atomic E-state index is -4.66. The Kier molecular flexibility index (Phi) is 38.4. The molecule has 0 aromatic carbocycles. The van der Waals surface area contributed by atoms with Crippen molar-refractivity contribution in [3.8, 4) is 0 Å². The third-order valence-electron chi connectivity index (χ3n) is 8.50. The van der Waals surface area contributed by atoms with Crippen molar-refractivity contribution in [3.63, 3.8) is 0 Å². The molecule has 0 heterocycles. The van der Waals surface area contributed by atoms with Crippen LogP contribution in [0, 0.1) is 0 Å². The van der Waals surface area contributed by atoms with Crippen molar-refractivity contribution in [2.75, 3.05) is 26.4 Å². The molecule has 0 radical (unpaired) electrons. The SMILES string of the molecule is CCCCCCCC/C=C\C/C=C\C/C=C\CCCC(=O)OC[C@H](COP(=O)(O)OC[C@@H](O)CO)OC(=O)CCC/C=C\C/C=C\C/C=C\C=C\C(=O)CCCCC. The number of phosphoric acid groups is 1. The molecule has 0 saturated carbocycles. The van der Waals surface area contributed by atoms with Crippen LogP contribution in [-0.2, 0) is 37.5 Å². The van der Waals surface area contributed by atoms with Crippen LogP contribution in [0.2, 0.25) is 0 Å². The zero-order chi connectivity index (χ0) is 42.8. The normalized spacial score (nSPS) is 14.6. The number of esters is 2. The van der Waals surface area contributed by atoms with Gasteiger partial charge in [0.2, 0.25) is 0 Å². The minimum Gasteiger partial charge on any atom is -0.462 e. The van der Waals surface area contributed by atoms with Crippen LogP contribution in [0.1, 0.15) is 149 Å². The number of ether oxygens (including phenoxy) is 2. The summed E-state index contributed by atoms with van der Waals surface area (Å²) in [5.41, 5.74) is 0. The number of carbonyl (C=O) groups excluding carboxylic acids is 3. The molecule has 3 atom stereocenters. The van der Waals surface area contributed by atoms with E-state index in [2.05, 4.69) is 48.8 Å². The summed E-state index contributed by atoms with van der Waals surface area (Å²) >= 11 is 0. The zero-order valence-corrected chi connectivity index (χ0v) is 36.4. The molecule has 12 heteroatoms. The fraction of sp³-hybridized carbons (Fsp3) is 0.630. The lowest BCUT2D eigenvalue weighted by molar-refractivity contribution is -0.161. The molecule has 0 aliphatic rings. The Labute approximate surface area is 349 Å². The highest BCUT2D eigenvalue weighted by molar-refractivity contribution is 7.47. The summed E-state index contributed by atoms with van der Waals surface area (Å²) in [6, 6.07) is 0. The van der Waals surface area contributed by atoms with E-state index in [4.69, 9.17) is 19.1 Å². The van der Waals surface area contributed by atoms with Crippen molar-refractivity contribution in [1.82, 2.24) is 0 Å². The van der Waals surface area contributed by atoms with E-state index in [1.807, 2.05) is 42.5 Å². The van der Waals surface area contributed by atoms with Crippen molar-refractivity contribution in [2.24, 2.45) is 0 Å². The molecule has 11 nitrogen and oxygen atoms in total. The third-order valence-corrected chi connectivity index (χ3v) is 9.45. The van der Waals surface area contributed by atoms with Crippen molar-refractivity contribution in [2.45, 2.75) is 161 Å². The van der Waals surface area contributed by atoms with Crippen LogP contribution in [-0.4, -0.2) is 71.5 Å². The van der Waals surface area contributed by atoms with E-state index >= 15 is 0 Å². The molecule has 0 spiro atoms. The van der Waals surface area contributed by atoms with Gasteiger partial charge in [-0.3, -0.25) is 23.4 Å². The standard InChI is InChI=1S/C46H75O11P/c1-3-5-7-8-9-10-11-12-13-14-15-16-19-22-25-28-32-36-45(50)54-40-44(41-56-58(52,53)55-39-43(49)38-47)57-46(51)37-33-29-26-23-20-17-18-21-24-27-31-35-42(48)34-30-6-4-2/h12-13,15-18,22-27,31,35,43-44,47,49H,3-11,14,19-21,28-30,32-34,36-41H2,1-2H3,(H,52,53)/b13-12-,16-15-,18-17-,25-22-,26-23-,27-24-,35-31+/t43-,44+/m0/s1. The van der Waals surface area contributed by atoms with Gasteiger partial charge in [-0.2, -0.15) is 0 Å². The fourth-order valence-corrected chi connectivity index (χ4v) is 5.92. The number of hydrogen-bond donors (Lipinski definition) is 3. The van der Waals surface area contributed by atoms with Crippen LogP contribution in [0.3, 0.4) is 0 Å². The maximum absolute atomic E-state index is 12.6. The van der Waals surface area contributed by atoms with Gasteiger partial charge >= 0.3 is 19.8 Å². The van der Waals surface area contributed by atoms with Crippen LogP contribution < -0.4 is 0 Å². The molecule has 0 aromatic rings. The Morgan fingerprint density at radius 3 is 1.67 bits per heavy atom. The predicted molar refractivity (Wildman–Crippen MR) is 233 cm³/mol. The van der Waals surface area contributed by atoms with Crippen LogP contribution in [0.4, 0.5) is 0 Å². The van der Waals surface area contributed by atoms with Gasteiger partial charge in [-0.05, 0) is 76.7 Å². The first-order valence-electron chi connectivity index (χ1n) is 21.5. The first kappa shape index (κ1) is 54.8. The van der Waals surface area contributed by atoms with Gasteiger partial charge in [0.15, 0.2) is 11.9 Å². The molecule has 0 saturated heterocycles. The fourth-order valence-electron chi connectivity index (χ4n) is 5.13. The predicted octanol–water partition coefficient (Wildman–Crippen LogP) is 10.6. The highest BCUT2D eigenvalue weighted by Crippen LogP contribution is 2.43. The van der Waals surface area contributed by atoms with Crippen molar-refractivity contribution in [3.05, 3.63) is 85.1 Å². The molecule has 0 rings (SSSR count). The van der Waals surface area contributed by atoms with Gasteiger partial charge in [-0.25, -0.2) is 4.57 Å². The molecule has 0 amide bonds. The van der Waals surface area contributed by atoms with Gasteiger partial charge in [-0.15, -0.1) is 0 Å². The van der Waals surface area contributed by atoms with Gasteiger partial charge in [-0.1, -0.05) is 138 Å². The molecule has 58 heavy (non-hydrogen) atoms. The quantitative estimate of drug-likeness (QED) is 0.0135. The van der Waals surface area contributed by atoms with Crippen LogP contribution >= 0.6 is 7.82 Å². The zero-order valence-electron chi connectivity index (χ0n) is 35.5. The van der Waals surface area contributed by atoms with E-state index in [9.17, 15) is 28.9 Å². The number of carbonyl (C=O) groups is 3. The van der Waals surface area contributed by atoms with Crippen LogP contribution in [0.25, 0.3) is 0 Å². The van der Waals surface area contributed by atoms with Gasteiger partial charge in [0.1, 0.15) is 12.7 Å². The second kappa shape index (κ2) is 40.6. The summed E-state index contributed by atoms with van der Waals surface area (Å²) in [4.78, 5) is 46.6. The largest absolute Gasteiger partial charge is 0.472 e. The number of phosphoric ester groups is 1. The van der Waals surface area contributed by atoms with Crippen LogP contribution in [0.15, 0.2) is 85.1 Å². The van der Waals surface area contributed by atoms with E-state index in [0.29, 0.717) is 32.1 Å². The van der Waals surface area contributed by atoms with Gasteiger partial charge in [0, 0.05) is 19.3 Å². The van der Waals surface area contributed by atoms with E-state index in [-0.39, 0.29) is 25.2 Å². The number of aliphatic hydroxyl groups excluding tert-OH is 2. The summed E-state index contributed by atoms with van der Waals surface area (Å²) in [6.07, 6.45) is 44.0. The van der Waals surface area contributed by atoms with E-state index < -0.39 is 51.8 Å². The monoisotopic (exact) mass is 835 g/mol. The molecule has 330 valence electrons. The molecule has 0 aromatic heterocycles. The average Bonchev–Trinajstić information content (AvgIpc) is 3.20. The van der Waals surface area contributed by atoms with E-state index in [1.165, 1.54) is 38.5 Å². The molecule has 0 aliphatic carbocycles. The number of hydrogen-bond acceptors (Lipinski definition) is 10. The Bertz CT molecular complexity index is 1300. The van der Waals surface area contributed by atoms with Gasteiger partial charge in [0.25, 0.3) is 0 Å². The topological polar surface area (TPSA) is 166 Å². The Hall–Kier alpha value is -3.18. The lowest BCUT2D eigenvalue weighted by Crippen LogP contribution is -2.29. The summed E-state index contributed by atoms with van der Waals surface area (Å²) in [5, 5.41) is 18.3. The minimum absolute atomic E-state index is 0.0670. The van der Waals surface area contributed by atoms with E-state index in [1.54, 1.807) is 12.2 Å². The Balaban J connectivity index is 4.54. The van der Waals surface area contributed by atoms with Crippen molar-refractivity contribution in [1.29, 1.82) is 0 Å². The molecular formula is C46H75O11P. The summed E-state index contributed by atoms with van der Waals surface area (Å²) < 4.78 is 32.5. The van der Waals surface area contributed by atoms with Crippen molar-refractivity contribution < 1.29 is 52.6 Å². The molecule has 3 N–H and O–H groups in total. The number of unbranched alkanes of at least 4 members (excludes halogenated alkanes) is 10. The lowest BCUT2D eigenvalue weighted by atomic mass is 10.1. The molecule has 0 fully saturated rings. The number of aliphatic hydroxyl groups is 2. The average molecular weight is 835 g/mol. The second-order valence-electron chi connectivity index (χ2n) is 14.0. The number of allylic oxidation sites excluding steroid dienone is 14. The maximum atomic E-state index is 12.6. The molecule has 0 aliphatic heterocycles. The van der Waals surface area contributed by atoms with Gasteiger partial charge in [0.05, 0.1) is 19.8 Å². The van der Waals surface area contributed by atoms with Gasteiger partial charge < -0.3 is 24.6 Å². The van der Waals surface area contributed by atoms with Crippen LogP contribution in [0.5, 0.6) is 0 Å². The Morgan fingerprint density at radius 2 is 1.07 bits per heavy atom. The number of ketones is 1. The van der Waals surface area contributed by atoms with Crippen molar-refractivity contribution >= 4 is 25.5 Å². The highest BCUT2D eigenvalue weighted by Gasteiger charge is 2.27. The molecular weight excluding hydrogens is 759 g/mol. The second-order valence-corrected chi connectivity index (χ2v) is 15.5. The Morgan fingerprint density at radius 1 is 0.569 bits per heavy atom. The molecule has 0 bridgehead atoms. The summed E-state index contributed by atoms with van der Waals surface area (Å²) in [7, 11) is -4.66. The summed E-state index contributed by atoms with van der Waals surface area (Å²) in [6.45, 7) is 2.05. The first-order chi connectivity index (χ1) is 28.1. The maximum Gasteiger partial charge on any atom is 0.472 e. The first-order valence-corrected chi connectivity index (χ1v) is 23.0.